The summed E-state index contributed by atoms with van der Waals surface area (Å²) >= 11 is 8.66. The highest BCUT2D eigenvalue weighted by atomic mass is 79.9. The maximum atomic E-state index is 12.8. The monoisotopic (exact) mass is 555 g/mol. The number of rotatable bonds is 10. The van der Waals surface area contributed by atoms with E-state index in [2.05, 4.69) is 40.4 Å². The van der Waals surface area contributed by atoms with Gasteiger partial charge in [-0.3, -0.25) is 10.1 Å². The minimum Gasteiger partial charge on any atom is -0.493 e. The van der Waals surface area contributed by atoms with Crippen LogP contribution in [0.15, 0.2) is 51.8 Å². The fraction of sp³-hybridized carbons (Fsp3) is 0.391. The van der Waals surface area contributed by atoms with Gasteiger partial charge >= 0.3 is 0 Å². The van der Waals surface area contributed by atoms with Crippen molar-refractivity contribution < 1.29 is 17.9 Å². The fourth-order valence-corrected chi connectivity index (χ4v) is 5.00. The minimum atomic E-state index is -3.54. The molecule has 0 fully saturated rings. The van der Waals surface area contributed by atoms with Crippen LogP contribution in [0.4, 0.5) is 5.69 Å². The molecule has 0 atom stereocenters. The summed E-state index contributed by atoms with van der Waals surface area (Å²) < 4.78 is 33.1. The number of amides is 1. The Hall–Kier alpha value is -2.01. The Labute approximate surface area is 210 Å². The molecule has 0 aromatic heterocycles. The van der Waals surface area contributed by atoms with Gasteiger partial charge in [0.1, 0.15) is 5.75 Å². The van der Waals surface area contributed by atoms with E-state index in [4.69, 9.17) is 17.0 Å². The van der Waals surface area contributed by atoms with Gasteiger partial charge in [-0.2, -0.15) is 4.31 Å². The maximum Gasteiger partial charge on any atom is 0.261 e. The van der Waals surface area contributed by atoms with Crippen molar-refractivity contribution in [1.29, 1.82) is 0 Å². The van der Waals surface area contributed by atoms with Crippen LogP contribution in [-0.2, 0) is 10.0 Å². The minimum absolute atomic E-state index is 0.0902. The summed E-state index contributed by atoms with van der Waals surface area (Å²) in [6, 6.07) is 11.5. The first-order chi connectivity index (χ1) is 15.6. The molecule has 2 N–H and O–H groups in total. The second kappa shape index (κ2) is 12.5. The summed E-state index contributed by atoms with van der Waals surface area (Å²) in [6.45, 7) is 9.10. The molecular weight excluding hydrogens is 526 g/mol. The number of halogens is 1. The van der Waals surface area contributed by atoms with Crippen LogP contribution in [-0.4, -0.2) is 43.4 Å². The Morgan fingerprint density at radius 1 is 1.12 bits per heavy atom. The van der Waals surface area contributed by atoms with Crippen molar-refractivity contribution in [3.63, 3.8) is 0 Å². The lowest BCUT2D eigenvalue weighted by atomic mass is 10.1. The lowest BCUT2D eigenvalue weighted by Crippen LogP contribution is -2.34. The van der Waals surface area contributed by atoms with Crippen LogP contribution in [0.3, 0.4) is 0 Å². The number of hydrogen-bond donors (Lipinski definition) is 2. The molecule has 0 heterocycles. The molecule has 0 saturated heterocycles. The molecule has 0 unspecified atom stereocenters. The second-order valence-corrected chi connectivity index (χ2v) is 11.0. The average Bonchev–Trinajstić information content (AvgIpc) is 2.75. The van der Waals surface area contributed by atoms with Crippen LogP contribution in [0.25, 0.3) is 0 Å². The van der Waals surface area contributed by atoms with Gasteiger partial charge in [0.05, 0.1) is 17.1 Å². The van der Waals surface area contributed by atoms with E-state index < -0.39 is 15.9 Å². The first-order valence-corrected chi connectivity index (χ1v) is 13.4. The molecule has 0 radical (unpaired) electrons. The van der Waals surface area contributed by atoms with Crippen LogP contribution < -0.4 is 15.4 Å². The van der Waals surface area contributed by atoms with Gasteiger partial charge in [0, 0.05) is 23.2 Å². The Balaban J connectivity index is 2.06. The number of ether oxygens (including phenoxy) is 1. The summed E-state index contributed by atoms with van der Waals surface area (Å²) in [7, 11) is -3.54. The number of carbonyl (C=O) groups excluding carboxylic acids is 1. The molecule has 1 amide bonds. The Morgan fingerprint density at radius 3 is 2.33 bits per heavy atom. The molecule has 2 aromatic carbocycles. The number of nitrogens with zero attached hydrogens (tertiary/aromatic N) is 1. The first kappa shape index (κ1) is 27.2. The van der Waals surface area contributed by atoms with Crippen molar-refractivity contribution in [1.82, 2.24) is 9.62 Å². The highest BCUT2D eigenvalue weighted by Gasteiger charge is 2.21. The SMILES string of the molecule is CCN(CC)S(=O)(=O)c1ccc(NC(=S)NC(=O)c2cc(Br)ccc2OCCC(C)C)cc1. The van der Waals surface area contributed by atoms with Crippen molar-refractivity contribution in [2.24, 2.45) is 5.92 Å². The summed E-state index contributed by atoms with van der Waals surface area (Å²) in [4.78, 5) is 13.0. The third-order valence-electron chi connectivity index (χ3n) is 4.82. The molecule has 0 aliphatic carbocycles. The first-order valence-electron chi connectivity index (χ1n) is 10.7. The van der Waals surface area contributed by atoms with Crippen molar-refractivity contribution in [2.45, 2.75) is 39.0 Å². The quantitative estimate of drug-likeness (QED) is 0.399. The van der Waals surface area contributed by atoms with Gasteiger partial charge in [0.2, 0.25) is 10.0 Å². The van der Waals surface area contributed by atoms with Crippen LogP contribution in [0.5, 0.6) is 5.75 Å². The van der Waals surface area contributed by atoms with Crippen molar-refractivity contribution in [3.05, 3.63) is 52.5 Å². The molecular formula is C23H30BrN3O4S2. The number of benzene rings is 2. The zero-order chi connectivity index (χ0) is 24.6. The standard InChI is InChI=1S/C23H30BrN3O4S2/c1-5-27(6-2)33(29,30)19-10-8-18(9-11-19)25-23(32)26-22(28)20-15-17(24)7-12-21(20)31-14-13-16(3)4/h7-12,15-16H,5-6,13-14H2,1-4H3,(H2,25,26,28,32). The highest BCUT2D eigenvalue weighted by Crippen LogP contribution is 2.24. The molecule has 2 aromatic rings. The number of anilines is 1. The van der Waals surface area contributed by atoms with Gasteiger partial charge in [-0.25, -0.2) is 8.42 Å². The Morgan fingerprint density at radius 2 is 1.76 bits per heavy atom. The molecule has 7 nitrogen and oxygen atoms in total. The molecule has 0 bridgehead atoms. The summed E-state index contributed by atoms with van der Waals surface area (Å²) in [5.41, 5.74) is 0.916. The van der Waals surface area contributed by atoms with Gasteiger partial charge in [0.25, 0.3) is 5.91 Å². The molecule has 0 aliphatic heterocycles. The van der Waals surface area contributed by atoms with Crippen LogP contribution in [0.1, 0.15) is 44.5 Å². The normalized spacial score (nSPS) is 11.5. The number of hydrogen-bond acceptors (Lipinski definition) is 5. The van der Waals surface area contributed by atoms with Crippen LogP contribution in [0, 0.1) is 5.92 Å². The zero-order valence-electron chi connectivity index (χ0n) is 19.2. The maximum absolute atomic E-state index is 12.8. The predicted molar refractivity (Wildman–Crippen MR) is 139 cm³/mol. The van der Waals surface area contributed by atoms with E-state index in [-0.39, 0.29) is 10.0 Å². The van der Waals surface area contributed by atoms with E-state index in [9.17, 15) is 13.2 Å². The average molecular weight is 557 g/mol. The lowest BCUT2D eigenvalue weighted by molar-refractivity contribution is 0.0973. The van der Waals surface area contributed by atoms with E-state index in [1.54, 1.807) is 38.1 Å². The van der Waals surface area contributed by atoms with Gasteiger partial charge in [0.15, 0.2) is 5.11 Å². The van der Waals surface area contributed by atoms with E-state index in [0.29, 0.717) is 42.6 Å². The second-order valence-electron chi connectivity index (χ2n) is 7.69. The molecule has 10 heteroatoms. The molecule has 0 saturated carbocycles. The number of nitrogens with one attached hydrogen (secondary N) is 2. The van der Waals surface area contributed by atoms with Crippen LogP contribution in [0.2, 0.25) is 0 Å². The van der Waals surface area contributed by atoms with E-state index in [0.717, 1.165) is 10.9 Å². The number of sulfonamides is 1. The third-order valence-corrected chi connectivity index (χ3v) is 7.58. The summed E-state index contributed by atoms with van der Waals surface area (Å²) in [5.74, 6) is 0.557. The third kappa shape index (κ3) is 7.77. The highest BCUT2D eigenvalue weighted by molar-refractivity contribution is 9.10. The smallest absolute Gasteiger partial charge is 0.261 e. The van der Waals surface area contributed by atoms with E-state index >= 15 is 0 Å². The molecule has 33 heavy (non-hydrogen) atoms. The van der Waals surface area contributed by atoms with Gasteiger partial charge in [-0.1, -0.05) is 43.6 Å². The Bertz CT molecular complexity index is 1070. The van der Waals surface area contributed by atoms with Crippen molar-refractivity contribution >= 4 is 54.9 Å². The largest absolute Gasteiger partial charge is 0.493 e. The zero-order valence-corrected chi connectivity index (χ0v) is 22.4. The fourth-order valence-electron chi connectivity index (χ4n) is 2.97. The van der Waals surface area contributed by atoms with Gasteiger partial charge < -0.3 is 10.1 Å². The van der Waals surface area contributed by atoms with Crippen molar-refractivity contribution in [3.8, 4) is 5.75 Å². The molecule has 180 valence electrons. The van der Waals surface area contributed by atoms with E-state index in [1.807, 2.05) is 6.07 Å². The number of carbonyl (C=O) groups is 1. The van der Waals surface area contributed by atoms with Gasteiger partial charge in [-0.15, -0.1) is 0 Å². The molecule has 0 aliphatic rings. The molecule has 2 rings (SSSR count). The van der Waals surface area contributed by atoms with Crippen molar-refractivity contribution in [2.75, 3.05) is 25.0 Å². The summed E-state index contributed by atoms with van der Waals surface area (Å²) in [6.07, 6.45) is 0.872. The topological polar surface area (TPSA) is 87.7 Å². The predicted octanol–water partition coefficient (Wildman–Crippen LogP) is 5.03. The number of thiocarbonyl (C=S) groups is 1. The lowest BCUT2D eigenvalue weighted by Gasteiger charge is -2.18. The summed E-state index contributed by atoms with van der Waals surface area (Å²) in [5, 5.41) is 5.65. The van der Waals surface area contributed by atoms with Crippen LogP contribution >= 0.6 is 28.1 Å². The molecule has 0 spiro atoms. The Kier molecular flexibility index (Phi) is 10.3. The van der Waals surface area contributed by atoms with E-state index in [1.165, 1.54) is 16.4 Å². The van der Waals surface area contributed by atoms with Gasteiger partial charge in [-0.05, 0) is 67.0 Å².